The summed E-state index contributed by atoms with van der Waals surface area (Å²) in [6.45, 7) is 5.44. The largest absolute Gasteiger partial charge is 0.491 e. The van der Waals surface area contributed by atoms with Crippen LogP contribution >= 0.6 is 0 Å². The highest BCUT2D eigenvalue weighted by atomic mass is 16.5. The van der Waals surface area contributed by atoms with Crippen molar-refractivity contribution in [2.45, 2.75) is 39.2 Å². The number of hydrogen-bond donors (Lipinski definition) is 1. The van der Waals surface area contributed by atoms with Crippen molar-refractivity contribution in [1.82, 2.24) is 0 Å². The molecule has 3 rings (SSSR count). The predicted molar refractivity (Wildman–Crippen MR) is 83.2 cm³/mol. The summed E-state index contributed by atoms with van der Waals surface area (Å²) < 4.78 is 11.2. The minimum atomic E-state index is -0.147. The van der Waals surface area contributed by atoms with Crippen LogP contribution in [0.4, 0.5) is 0 Å². The Labute approximate surface area is 125 Å². The molecule has 1 unspecified atom stereocenters. The summed E-state index contributed by atoms with van der Waals surface area (Å²) in [5, 5.41) is 0. The summed E-state index contributed by atoms with van der Waals surface area (Å²) in [5.74, 6) is 0.863. The minimum absolute atomic E-state index is 0.147. The van der Waals surface area contributed by atoms with Crippen LogP contribution in [0.25, 0.3) is 0 Å². The van der Waals surface area contributed by atoms with Gasteiger partial charge in [-0.1, -0.05) is 30.3 Å². The number of benzene rings is 2. The molecule has 3 heteroatoms. The fourth-order valence-corrected chi connectivity index (χ4v) is 2.63. The Morgan fingerprint density at radius 1 is 1.00 bits per heavy atom. The van der Waals surface area contributed by atoms with Crippen molar-refractivity contribution >= 4 is 0 Å². The predicted octanol–water partition coefficient (Wildman–Crippen LogP) is 3.55. The fourth-order valence-electron chi connectivity index (χ4n) is 2.63. The lowest BCUT2D eigenvalue weighted by Gasteiger charge is -2.16. The van der Waals surface area contributed by atoms with E-state index in [4.69, 9.17) is 15.2 Å². The normalized spacial score (nSPS) is 15.0. The third-order valence-electron chi connectivity index (χ3n) is 3.69. The van der Waals surface area contributed by atoms with Crippen molar-refractivity contribution in [2.24, 2.45) is 5.73 Å². The molecule has 0 saturated carbocycles. The molecule has 1 aliphatic heterocycles. The first-order chi connectivity index (χ1) is 10.1. The van der Waals surface area contributed by atoms with E-state index in [1.807, 2.05) is 38.1 Å². The Kier molecular flexibility index (Phi) is 3.95. The van der Waals surface area contributed by atoms with Crippen molar-refractivity contribution in [1.29, 1.82) is 0 Å². The number of fused-ring (bicyclic) bond motifs is 1. The van der Waals surface area contributed by atoms with Gasteiger partial charge in [0.05, 0.1) is 25.4 Å². The third-order valence-corrected chi connectivity index (χ3v) is 3.69. The standard InChI is InChI=1S/C18H21NO2/c1-12(2)21-17-5-3-4-13(9-17)18(19)14-6-7-15-10-20-11-16(15)8-14/h3-9,12,18H,10-11,19H2,1-2H3. The highest BCUT2D eigenvalue weighted by Crippen LogP contribution is 2.27. The van der Waals surface area contributed by atoms with Crippen molar-refractivity contribution in [3.05, 3.63) is 64.7 Å². The van der Waals surface area contributed by atoms with Gasteiger partial charge in [-0.3, -0.25) is 0 Å². The van der Waals surface area contributed by atoms with Crippen LogP contribution in [0.15, 0.2) is 42.5 Å². The molecule has 21 heavy (non-hydrogen) atoms. The lowest BCUT2D eigenvalue weighted by Crippen LogP contribution is -2.13. The van der Waals surface area contributed by atoms with Crippen LogP contribution in [0, 0.1) is 0 Å². The molecule has 0 saturated heterocycles. The summed E-state index contributed by atoms with van der Waals surface area (Å²) in [4.78, 5) is 0. The first-order valence-corrected chi connectivity index (χ1v) is 7.35. The van der Waals surface area contributed by atoms with Gasteiger partial charge in [0.15, 0.2) is 0 Å². The van der Waals surface area contributed by atoms with Gasteiger partial charge in [0, 0.05) is 0 Å². The number of hydrogen-bond acceptors (Lipinski definition) is 3. The van der Waals surface area contributed by atoms with E-state index in [9.17, 15) is 0 Å². The molecule has 110 valence electrons. The van der Waals surface area contributed by atoms with Gasteiger partial charge in [0.1, 0.15) is 5.75 Å². The van der Waals surface area contributed by atoms with E-state index in [0.717, 1.165) is 16.9 Å². The van der Waals surface area contributed by atoms with E-state index in [0.29, 0.717) is 13.2 Å². The van der Waals surface area contributed by atoms with Crippen molar-refractivity contribution in [2.75, 3.05) is 0 Å². The second-order valence-corrected chi connectivity index (χ2v) is 5.74. The van der Waals surface area contributed by atoms with Gasteiger partial charge in [0.2, 0.25) is 0 Å². The first-order valence-electron chi connectivity index (χ1n) is 7.35. The van der Waals surface area contributed by atoms with E-state index in [2.05, 4.69) is 18.2 Å². The quantitative estimate of drug-likeness (QED) is 0.933. The van der Waals surface area contributed by atoms with Crippen LogP contribution in [0.1, 0.15) is 42.1 Å². The van der Waals surface area contributed by atoms with Crippen LogP contribution < -0.4 is 10.5 Å². The van der Waals surface area contributed by atoms with E-state index in [1.54, 1.807) is 0 Å². The Bertz CT molecular complexity index is 637. The molecular weight excluding hydrogens is 262 g/mol. The molecule has 0 aliphatic carbocycles. The van der Waals surface area contributed by atoms with Gasteiger partial charge in [0.25, 0.3) is 0 Å². The molecule has 0 aromatic heterocycles. The molecule has 0 amide bonds. The fraction of sp³-hybridized carbons (Fsp3) is 0.333. The topological polar surface area (TPSA) is 44.5 Å². The van der Waals surface area contributed by atoms with E-state index >= 15 is 0 Å². The molecule has 0 fully saturated rings. The molecule has 1 atom stereocenters. The van der Waals surface area contributed by atoms with Crippen LogP contribution in [-0.2, 0) is 18.0 Å². The van der Waals surface area contributed by atoms with Gasteiger partial charge >= 0.3 is 0 Å². The second-order valence-electron chi connectivity index (χ2n) is 5.74. The summed E-state index contributed by atoms with van der Waals surface area (Å²) in [7, 11) is 0. The molecule has 3 nitrogen and oxygen atoms in total. The highest BCUT2D eigenvalue weighted by molar-refractivity contribution is 5.40. The maximum Gasteiger partial charge on any atom is 0.120 e. The molecule has 2 aromatic rings. The smallest absolute Gasteiger partial charge is 0.120 e. The molecule has 1 aliphatic rings. The van der Waals surface area contributed by atoms with E-state index in [-0.39, 0.29) is 12.1 Å². The van der Waals surface area contributed by atoms with Crippen molar-refractivity contribution in [3.8, 4) is 5.75 Å². The Balaban J connectivity index is 1.86. The Hall–Kier alpha value is -1.84. The molecule has 2 N–H and O–H groups in total. The number of nitrogens with two attached hydrogens (primary N) is 1. The van der Waals surface area contributed by atoms with Crippen LogP contribution in [0.2, 0.25) is 0 Å². The number of ether oxygens (including phenoxy) is 2. The van der Waals surface area contributed by atoms with Crippen LogP contribution in [0.5, 0.6) is 5.75 Å². The zero-order valence-corrected chi connectivity index (χ0v) is 12.5. The van der Waals surface area contributed by atoms with E-state index in [1.165, 1.54) is 11.1 Å². The van der Waals surface area contributed by atoms with Gasteiger partial charge in [-0.05, 0) is 48.2 Å². The maximum atomic E-state index is 6.41. The SMILES string of the molecule is CC(C)Oc1cccc(C(N)c2ccc3c(c2)COC3)c1. The average Bonchev–Trinajstić information content (AvgIpc) is 2.93. The van der Waals surface area contributed by atoms with Gasteiger partial charge in [-0.15, -0.1) is 0 Å². The summed E-state index contributed by atoms with van der Waals surface area (Å²) in [6, 6.07) is 14.2. The van der Waals surface area contributed by atoms with Crippen LogP contribution in [0.3, 0.4) is 0 Å². The molecule has 1 heterocycles. The van der Waals surface area contributed by atoms with Gasteiger partial charge in [-0.2, -0.15) is 0 Å². The monoisotopic (exact) mass is 283 g/mol. The van der Waals surface area contributed by atoms with Crippen LogP contribution in [-0.4, -0.2) is 6.10 Å². The first kappa shape index (κ1) is 14.1. The Morgan fingerprint density at radius 2 is 1.76 bits per heavy atom. The maximum absolute atomic E-state index is 6.41. The summed E-state index contributed by atoms with van der Waals surface area (Å²) >= 11 is 0. The molecule has 2 aromatic carbocycles. The second kappa shape index (κ2) is 5.88. The average molecular weight is 283 g/mol. The molecule has 0 spiro atoms. The van der Waals surface area contributed by atoms with Crippen molar-refractivity contribution in [3.63, 3.8) is 0 Å². The lowest BCUT2D eigenvalue weighted by molar-refractivity contribution is 0.134. The van der Waals surface area contributed by atoms with Gasteiger partial charge < -0.3 is 15.2 Å². The Morgan fingerprint density at radius 3 is 2.57 bits per heavy atom. The van der Waals surface area contributed by atoms with Gasteiger partial charge in [-0.25, -0.2) is 0 Å². The highest BCUT2D eigenvalue weighted by Gasteiger charge is 2.15. The molecular formula is C18H21NO2. The molecule has 0 bridgehead atoms. The lowest BCUT2D eigenvalue weighted by atomic mass is 9.96. The zero-order valence-electron chi connectivity index (χ0n) is 12.5. The van der Waals surface area contributed by atoms with Crippen molar-refractivity contribution < 1.29 is 9.47 Å². The zero-order chi connectivity index (χ0) is 14.8. The summed E-state index contributed by atoms with van der Waals surface area (Å²) in [5.41, 5.74) is 11.1. The molecule has 0 radical (unpaired) electrons. The summed E-state index contributed by atoms with van der Waals surface area (Å²) in [6.07, 6.45) is 0.161. The minimum Gasteiger partial charge on any atom is -0.491 e. The van der Waals surface area contributed by atoms with E-state index < -0.39 is 0 Å². The third kappa shape index (κ3) is 3.09. The number of rotatable bonds is 4.